The van der Waals surface area contributed by atoms with Crippen LogP contribution in [0.2, 0.25) is 5.02 Å². The van der Waals surface area contributed by atoms with Gasteiger partial charge in [0.1, 0.15) is 0 Å². The van der Waals surface area contributed by atoms with Crippen LogP contribution < -0.4 is 0 Å². The van der Waals surface area contributed by atoms with Crippen LogP contribution in [0, 0.1) is 0 Å². The van der Waals surface area contributed by atoms with E-state index >= 15 is 0 Å². The molecule has 1 aromatic heterocycles. The van der Waals surface area contributed by atoms with Gasteiger partial charge in [0.2, 0.25) is 0 Å². The maximum atomic E-state index is 5.97. The van der Waals surface area contributed by atoms with Crippen molar-refractivity contribution in [2.75, 3.05) is 6.54 Å². The SMILES string of the molecule is CCC1CCCCN1Cc1cc(Cl)ccn1. The van der Waals surface area contributed by atoms with Crippen molar-refractivity contribution in [2.24, 2.45) is 0 Å². The fraction of sp³-hybridized carbons (Fsp3) is 0.615. The summed E-state index contributed by atoms with van der Waals surface area (Å²) in [7, 11) is 0. The van der Waals surface area contributed by atoms with Crippen LogP contribution in [-0.4, -0.2) is 22.5 Å². The Bertz CT molecular complexity index is 340. The van der Waals surface area contributed by atoms with E-state index in [1.807, 2.05) is 12.1 Å². The monoisotopic (exact) mass is 238 g/mol. The summed E-state index contributed by atoms with van der Waals surface area (Å²) in [6.45, 7) is 4.42. The smallest absolute Gasteiger partial charge is 0.0558 e. The fourth-order valence-electron chi connectivity index (χ4n) is 2.47. The quantitative estimate of drug-likeness (QED) is 0.801. The molecular weight excluding hydrogens is 220 g/mol. The highest BCUT2D eigenvalue weighted by molar-refractivity contribution is 6.30. The second-order valence-corrected chi connectivity index (χ2v) is 4.93. The van der Waals surface area contributed by atoms with Gasteiger partial charge in [0.05, 0.1) is 5.69 Å². The van der Waals surface area contributed by atoms with Gasteiger partial charge in [0, 0.05) is 23.8 Å². The van der Waals surface area contributed by atoms with Crippen molar-refractivity contribution in [1.82, 2.24) is 9.88 Å². The molecule has 0 N–H and O–H groups in total. The zero-order chi connectivity index (χ0) is 11.4. The zero-order valence-corrected chi connectivity index (χ0v) is 10.6. The van der Waals surface area contributed by atoms with Crippen molar-refractivity contribution in [1.29, 1.82) is 0 Å². The van der Waals surface area contributed by atoms with Gasteiger partial charge < -0.3 is 0 Å². The highest BCUT2D eigenvalue weighted by atomic mass is 35.5. The molecular formula is C13H19ClN2. The number of piperidine rings is 1. The van der Waals surface area contributed by atoms with Gasteiger partial charge >= 0.3 is 0 Å². The van der Waals surface area contributed by atoms with E-state index in [2.05, 4.69) is 16.8 Å². The summed E-state index contributed by atoms with van der Waals surface area (Å²) in [5, 5.41) is 0.787. The van der Waals surface area contributed by atoms with Crippen molar-refractivity contribution in [3.8, 4) is 0 Å². The Morgan fingerprint density at radius 2 is 2.38 bits per heavy atom. The first-order valence-electron chi connectivity index (χ1n) is 6.14. The van der Waals surface area contributed by atoms with E-state index in [0.29, 0.717) is 0 Å². The van der Waals surface area contributed by atoms with Crippen LogP contribution in [0.4, 0.5) is 0 Å². The molecule has 2 rings (SSSR count). The first-order valence-corrected chi connectivity index (χ1v) is 6.52. The third-order valence-electron chi connectivity index (χ3n) is 3.36. The first kappa shape index (κ1) is 11.9. The Kier molecular flexibility index (Phi) is 4.19. The minimum atomic E-state index is 0.731. The summed E-state index contributed by atoms with van der Waals surface area (Å²) in [4.78, 5) is 6.92. The van der Waals surface area contributed by atoms with E-state index in [0.717, 1.165) is 23.3 Å². The molecule has 16 heavy (non-hydrogen) atoms. The molecule has 1 fully saturated rings. The lowest BCUT2D eigenvalue weighted by Gasteiger charge is -2.34. The van der Waals surface area contributed by atoms with Crippen LogP contribution in [0.1, 0.15) is 38.3 Å². The molecule has 1 aliphatic heterocycles. The van der Waals surface area contributed by atoms with E-state index in [9.17, 15) is 0 Å². The number of rotatable bonds is 3. The summed E-state index contributed by atoms with van der Waals surface area (Å²) >= 11 is 5.97. The van der Waals surface area contributed by atoms with Crippen molar-refractivity contribution < 1.29 is 0 Å². The third-order valence-corrected chi connectivity index (χ3v) is 3.60. The van der Waals surface area contributed by atoms with Crippen LogP contribution in [0.5, 0.6) is 0 Å². The largest absolute Gasteiger partial charge is 0.295 e. The summed E-state index contributed by atoms with van der Waals surface area (Å²) in [5.41, 5.74) is 1.09. The summed E-state index contributed by atoms with van der Waals surface area (Å²) in [5.74, 6) is 0. The Hall–Kier alpha value is -0.600. The minimum Gasteiger partial charge on any atom is -0.295 e. The predicted octanol–water partition coefficient (Wildman–Crippen LogP) is 3.50. The first-order chi connectivity index (χ1) is 7.79. The topological polar surface area (TPSA) is 16.1 Å². The van der Waals surface area contributed by atoms with Crippen LogP contribution in [0.15, 0.2) is 18.3 Å². The second kappa shape index (κ2) is 5.65. The molecule has 0 bridgehead atoms. The third kappa shape index (κ3) is 2.96. The normalized spacial score (nSPS) is 22.2. The highest BCUT2D eigenvalue weighted by Gasteiger charge is 2.20. The molecule has 1 unspecified atom stereocenters. The van der Waals surface area contributed by atoms with Crippen LogP contribution >= 0.6 is 11.6 Å². The Labute approximate surface area is 103 Å². The number of pyridine rings is 1. The zero-order valence-electron chi connectivity index (χ0n) is 9.82. The fourth-order valence-corrected chi connectivity index (χ4v) is 2.66. The summed E-state index contributed by atoms with van der Waals surface area (Å²) in [6.07, 6.45) is 7.05. The molecule has 0 aromatic carbocycles. The molecule has 0 amide bonds. The molecule has 2 heterocycles. The van der Waals surface area contributed by atoms with E-state index in [1.54, 1.807) is 6.20 Å². The Balaban J connectivity index is 2.02. The van der Waals surface area contributed by atoms with E-state index in [1.165, 1.54) is 32.2 Å². The van der Waals surface area contributed by atoms with Gasteiger partial charge in [-0.15, -0.1) is 0 Å². The van der Waals surface area contributed by atoms with Crippen molar-refractivity contribution in [2.45, 2.75) is 45.2 Å². The van der Waals surface area contributed by atoms with Crippen molar-refractivity contribution >= 4 is 11.6 Å². The molecule has 1 aliphatic rings. The second-order valence-electron chi connectivity index (χ2n) is 4.49. The van der Waals surface area contributed by atoms with Crippen LogP contribution in [0.3, 0.4) is 0 Å². The number of nitrogens with zero attached hydrogens (tertiary/aromatic N) is 2. The lowest BCUT2D eigenvalue weighted by molar-refractivity contribution is 0.134. The molecule has 0 saturated carbocycles. The predicted molar refractivity (Wildman–Crippen MR) is 67.6 cm³/mol. The standard InChI is InChI=1S/C13H19ClN2/c1-2-13-5-3-4-8-16(13)10-12-9-11(14)6-7-15-12/h6-7,9,13H,2-5,8,10H2,1H3. The van der Waals surface area contributed by atoms with E-state index < -0.39 is 0 Å². The molecule has 2 nitrogen and oxygen atoms in total. The number of likely N-dealkylation sites (tertiary alicyclic amines) is 1. The number of halogens is 1. The van der Waals surface area contributed by atoms with E-state index in [-0.39, 0.29) is 0 Å². The van der Waals surface area contributed by atoms with Gasteiger partial charge in [-0.2, -0.15) is 0 Å². The molecule has 0 radical (unpaired) electrons. The lowest BCUT2D eigenvalue weighted by atomic mass is 10.00. The van der Waals surface area contributed by atoms with Crippen LogP contribution in [-0.2, 0) is 6.54 Å². The van der Waals surface area contributed by atoms with Crippen molar-refractivity contribution in [3.63, 3.8) is 0 Å². The molecule has 0 spiro atoms. The molecule has 3 heteroatoms. The lowest BCUT2D eigenvalue weighted by Crippen LogP contribution is -2.38. The number of hydrogen-bond acceptors (Lipinski definition) is 2. The highest BCUT2D eigenvalue weighted by Crippen LogP contribution is 2.21. The van der Waals surface area contributed by atoms with Gasteiger partial charge in [0.25, 0.3) is 0 Å². The number of hydrogen-bond donors (Lipinski definition) is 0. The molecule has 1 aromatic rings. The number of aromatic nitrogens is 1. The van der Waals surface area contributed by atoms with Gasteiger partial charge in [0.15, 0.2) is 0 Å². The molecule has 1 saturated heterocycles. The average Bonchev–Trinajstić information content (AvgIpc) is 2.30. The van der Waals surface area contributed by atoms with Gasteiger partial charge in [-0.1, -0.05) is 24.9 Å². The van der Waals surface area contributed by atoms with Gasteiger partial charge in [-0.25, -0.2) is 0 Å². The van der Waals surface area contributed by atoms with Crippen molar-refractivity contribution in [3.05, 3.63) is 29.0 Å². The van der Waals surface area contributed by atoms with E-state index in [4.69, 9.17) is 11.6 Å². The molecule has 1 atom stereocenters. The minimum absolute atomic E-state index is 0.731. The maximum absolute atomic E-state index is 5.97. The van der Waals surface area contributed by atoms with Gasteiger partial charge in [-0.05, 0) is 37.9 Å². The maximum Gasteiger partial charge on any atom is 0.0558 e. The molecule has 88 valence electrons. The Morgan fingerprint density at radius 3 is 3.12 bits per heavy atom. The van der Waals surface area contributed by atoms with Crippen LogP contribution in [0.25, 0.3) is 0 Å². The molecule has 0 aliphatic carbocycles. The average molecular weight is 239 g/mol. The Morgan fingerprint density at radius 1 is 1.50 bits per heavy atom. The van der Waals surface area contributed by atoms with Gasteiger partial charge in [-0.3, -0.25) is 9.88 Å². The summed E-state index contributed by atoms with van der Waals surface area (Å²) in [6, 6.07) is 4.54. The summed E-state index contributed by atoms with van der Waals surface area (Å²) < 4.78 is 0.